The first-order valence-electron chi connectivity index (χ1n) is 12.0. The molecule has 8 nitrogen and oxygen atoms in total. The van der Waals surface area contributed by atoms with Crippen molar-refractivity contribution >= 4 is 21.6 Å². The van der Waals surface area contributed by atoms with E-state index in [2.05, 4.69) is 10.3 Å². The molecule has 4 rings (SSSR count). The van der Waals surface area contributed by atoms with E-state index in [-0.39, 0.29) is 11.4 Å². The smallest absolute Gasteiger partial charge is 0.264 e. The third kappa shape index (κ3) is 6.00. The molecule has 0 atom stereocenters. The van der Waals surface area contributed by atoms with E-state index in [1.54, 1.807) is 54.7 Å². The highest BCUT2D eigenvalue weighted by atomic mass is 32.2. The number of amides is 1. The zero-order chi connectivity index (χ0) is 26.4. The Hall–Kier alpha value is -4.11. The summed E-state index contributed by atoms with van der Waals surface area (Å²) in [5.74, 6) is 0.832. The number of aromatic nitrogens is 2. The maximum absolute atomic E-state index is 13.7. The number of para-hydroxylation sites is 2. The standard InChI is InChI=1S/C28H30N4O4S/c1-4-36-27-8-6-5-7-26(27)32(37(34,35)25-15-9-21(2)10-16-25)20-28(33)30-19-23-11-13-24(14-12-23)31-18-17-29-22(31)3/h5-18H,4,19-20H2,1-3H3,(H,30,33). The highest BCUT2D eigenvalue weighted by Crippen LogP contribution is 2.32. The summed E-state index contributed by atoms with van der Waals surface area (Å²) in [6, 6.07) is 21.1. The third-order valence-corrected chi connectivity index (χ3v) is 7.63. The number of aryl methyl sites for hydroxylation is 2. The number of imidazole rings is 1. The monoisotopic (exact) mass is 518 g/mol. The molecule has 0 radical (unpaired) electrons. The number of carbonyl (C=O) groups excluding carboxylic acids is 1. The highest BCUT2D eigenvalue weighted by molar-refractivity contribution is 7.92. The van der Waals surface area contributed by atoms with E-state index in [0.717, 1.165) is 26.9 Å². The summed E-state index contributed by atoms with van der Waals surface area (Å²) >= 11 is 0. The van der Waals surface area contributed by atoms with Crippen molar-refractivity contribution < 1.29 is 17.9 Å². The fourth-order valence-corrected chi connectivity index (χ4v) is 5.32. The van der Waals surface area contributed by atoms with Gasteiger partial charge in [-0.15, -0.1) is 0 Å². The molecule has 3 aromatic carbocycles. The average molecular weight is 519 g/mol. The molecule has 0 bridgehead atoms. The molecule has 1 N–H and O–H groups in total. The van der Waals surface area contributed by atoms with Crippen LogP contribution < -0.4 is 14.4 Å². The fraction of sp³-hybridized carbons (Fsp3) is 0.214. The lowest BCUT2D eigenvalue weighted by Crippen LogP contribution is -2.40. The van der Waals surface area contributed by atoms with Gasteiger partial charge in [0.1, 0.15) is 18.1 Å². The molecule has 37 heavy (non-hydrogen) atoms. The Bertz CT molecular complexity index is 1460. The molecule has 0 fully saturated rings. The third-order valence-electron chi connectivity index (χ3n) is 5.86. The van der Waals surface area contributed by atoms with Crippen LogP contribution in [0.2, 0.25) is 0 Å². The van der Waals surface area contributed by atoms with E-state index in [4.69, 9.17) is 4.74 Å². The molecular formula is C28H30N4O4S. The Labute approximate surface area is 217 Å². The number of hydrogen-bond acceptors (Lipinski definition) is 5. The van der Waals surface area contributed by atoms with Crippen molar-refractivity contribution in [1.82, 2.24) is 14.9 Å². The molecule has 0 aliphatic rings. The Balaban J connectivity index is 1.54. The minimum atomic E-state index is -4.04. The molecule has 4 aromatic rings. The highest BCUT2D eigenvalue weighted by Gasteiger charge is 2.29. The summed E-state index contributed by atoms with van der Waals surface area (Å²) in [5.41, 5.74) is 3.10. The lowest BCUT2D eigenvalue weighted by atomic mass is 10.2. The van der Waals surface area contributed by atoms with E-state index in [0.29, 0.717) is 18.0 Å². The summed E-state index contributed by atoms with van der Waals surface area (Å²) in [6.07, 6.45) is 3.62. The van der Waals surface area contributed by atoms with Crippen LogP contribution in [-0.4, -0.2) is 37.0 Å². The SMILES string of the molecule is CCOc1ccccc1N(CC(=O)NCc1ccc(-n2ccnc2C)cc1)S(=O)(=O)c1ccc(C)cc1. The zero-order valence-electron chi connectivity index (χ0n) is 21.1. The number of sulfonamides is 1. The molecule has 0 aliphatic heterocycles. The van der Waals surface area contributed by atoms with E-state index in [1.165, 1.54) is 0 Å². The predicted octanol–water partition coefficient (Wildman–Crippen LogP) is 4.40. The van der Waals surface area contributed by atoms with Gasteiger partial charge in [0.15, 0.2) is 0 Å². The second kappa shape index (κ2) is 11.3. The van der Waals surface area contributed by atoms with Crippen LogP contribution >= 0.6 is 0 Å². The largest absolute Gasteiger partial charge is 0.492 e. The van der Waals surface area contributed by atoms with E-state index >= 15 is 0 Å². The molecule has 0 saturated carbocycles. The van der Waals surface area contributed by atoms with Gasteiger partial charge in [-0.05, 0) is 62.7 Å². The van der Waals surface area contributed by atoms with E-state index < -0.39 is 22.5 Å². The van der Waals surface area contributed by atoms with Gasteiger partial charge in [0.25, 0.3) is 10.0 Å². The van der Waals surface area contributed by atoms with Crippen LogP contribution in [0.15, 0.2) is 90.1 Å². The van der Waals surface area contributed by atoms with Gasteiger partial charge in [-0.2, -0.15) is 0 Å². The first-order valence-corrected chi connectivity index (χ1v) is 13.4. The van der Waals surface area contributed by atoms with Gasteiger partial charge in [-0.3, -0.25) is 9.10 Å². The maximum Gasteiger partial charge on any atom is 0.264 e. The minimum absolute atomic E-state index is 0.0996. The van der Waals surface area contributed by atoms with Crippen LogP contribution in [0.1, 0.15) is 23.9 Å². The van der Waals surface area contributed by atoms with Crippen molar-refractivity contribution in [3.63, 3.8) is 0 Å². The van der Waals surface area contributed by atoms with Gasteiger partial charge in [0, 0.05) is 24.6 Å². The number of nitrogens with one attached hydrogen (secondary N) is 1. The van der Waals surface area contributed by atoms with Crippen LogP contribution in [0.3, 0.4) is 0 Å². The normalized spacial score (nSPS) is 11.2. The summed E-state index contributed by atoms with van der Waals surface area (Å²) in [4.78, 5) is 17.4. The van der Waals surface area contributed by atoms with Gasteiger partial charge >= 0.3 is 0 Å². The molecule has 1 amide bonds. The number of anilines is 1. The summed E-state index contributed by atoms with van der Waals surface area (Å²) < 4.78 is 36.1. The Morgan fingerprint density at radius 2 is 1.70 bits per heavy atom. The second-order valence-electron chi connectivity index (χ2n) is 8.51. The van der Waals surface area contributed by atoms with Crippen LogP contribution in [0.5, 0.6) is 5.75 Å². The zero-order valence-corrected chi connectivity index (χ0v) is 21.9. The summed E-state index contributed by atoms with van der Waals surface area (Å²) in [5, 5.41) is 2.84. The molecule has 192 valence electrons. The lowest BCUT2D eigenvalue weighted by Gasteiger charge is -2.26. The second-order valence-corrected chi connectivity index (χ2v) is 10.4. The van der Waals surface area contributed by atoms with Gasteiger partial charge in [0.2, 0.25) is 5.91 Å². The van der Waals surface area contributed by atoms with E-state index in [9.17, 15) is 13.2 Å². The number of nitrogens with zero attached hydrogens (tertiary/aromatic N) is 3. The van der Waals surface area contributed by atoms with Crippen LogP contribution in [0.4, 0.5) is 5.69 Å². The van der Waals surface area contributed by atoms with Crippen molar-refractivity contribution in [3.05, 3.63) is 102 Å². The molecule has 0 aliphatic carbocycles. The van der Waals surface area contributed by atoms with Gasteiger partial charge in [0.05, 0.1) is 17.2 Å². The van der Waals surface area contributed by atoms with Gasteiger partial charge in [-0.25, -0.2) is 13.4 Å². The number of benzene rings is 3. The number of ether oxygens (including phenoxy) is 1. The topological polar surface area (TPSA) is 93.5 Å². The van der Waals surface area contributed by atoms with Crippen molar-refractivity contribution in [2.45, 2.75) is 32.2 Å². The molecule has 0 saturated heterocycles. The van der Waals surface area contributed by atoms with Crippen molar-refractivity contribution in [2.75, 3.05) is 17.5 Å². The van der Waals surface area contributed by atoms with Crippen molar-refractivity contribution in [1.29, 1.82) is 0 Å². The van der Waals surface area contributed by atoms with Crippen LogP contribution in [0.25, 0.3) is 5.69 Å². The van der Waals surface area contributed by atoms with Crippen LogP contribution in [0, 0.1) is 13.8 Å². The predicted molar refractivity (Wildman–Crippen MR) is 143 cm³/mol. The molecule has 1 aromatic heterocycles. The Kier molecular flexibility index (Phi) is 7.93. The Morgan fingerprint density at radius 1 is 1.00 bits per heavy atom. The molecule has 0 spiro atoms. The number of hydrogen-bond donors (Lipinski definition) is 1. The first kappa shape index (κ1) is 26.0. The van der Waals surface area contributed by atoms with Gasteiger partial charge < -0.3 is 14.6 Å². The number of rotatable bonds is 10. The summed E-state index contributed by atoms with van der Waals surface area (Å²) in [7, 11) is -4.04. The maximum atomic E-state index is 13.7. The number of carbonyl (C=O) groups is 1. The lowest BCUT2D eigenvalue weighted by molar-refractivity contribution is -0.119. The Morgan fingerprint density at radius 3 is 2.35 bits per heavy atom. The summed E-state index contributed by atoms with van der Waals surface area (Å²) in [6.45, 7) is 5.85. The average Bonchev–Trinajstić information content (AvgIpc) is 3.33. The molecular weight excluding hydrogens is 488 g/mol. The molecule has 9 heteroatoms. The van der Waals surface area contributed by atoms with Crippen molar-refractivity contribution in [3.8, 4) is 11.4 Å². The molecule has 1 heterocycles. The first-order chi connectivity index (χ1) is 17.8. The van der Waals surface area contributed by atoms with Gasteiger partial charge in [-0.1, -0.05) is 42.0 Å². The van der Waals surface area contributed by atoms with Crippen LogP contribution in [-0.2, 0) is 21.4 Å². The quantitative estimate of drug-likeness (QED) is 0.336. The minimum Gasteiger partial charge on any atom is -0.492 e. The van der Waals surface area contributed by atoms with Crippen molar-refractivity contribution in [2.24, 2.45) is 0 Å². The molecule has 0 unspecified atom stereocenters. The van der Waals surface area contributed by atoms with E-state index in [1.807, 2.05) is 55.8 Å². The fourth-order valence-electron chi connectivity index (χ4n) is 3.89.